The van der Waals surface area contributed by atoms with Crippen molar-refractivity contribution in [3.8, 4) is 0 Å². The zero-order valence-corrected chi connectivity index (χ0v) is 11.4. The summed E-state index contributed by atoms with van der Waals surface area (Å²) in [4.78, 5) is 28.3. The molecule has 0 radical (unpaired) electrons. The number of fused-ring (bicyclic) bond motifs is 1. The van der Waals surface area contributed by atoms with Crippen LogP contribution in [0, 0.1) is 0 Å². The lowest BCUT2D eigenvalue weighted by atomic mass is 10.1. The van der Waals surface area contributed by atoms with Gasteiger partial charge in [0.1, 0.15) is 0 Å². The normalized spacial score (nSPS) is 12.5. The van der Waals surface area contributed by atoms with Crippen LogP contribution in [-0.2, 0) is 4.79 Å². The number of amides is 1. The highest BCUT2D eigenvalue weighted by Gasteiger charge is 2.10. The average molecular weight is 277 g/mol. The summed E-state index contributed by atoms with van der Waals surface area (Å²) < 4.78 is 0. The van der Waals surface area contributed by atoms with Crippen LogP contribution in [-0.4, -0.2) is 27.6 Å². The minimum Gasteiger partial charge on any atom is -0.396 e. The summed E-state index contributed by atoms with van der Waals surface area (Å²) in [5, 5.41) is 11.6. The van der Waals surface area contributed by atoms with Crippen LogP contribution >= 0.6 is 0 Å². The molecule has 2 rings (SSSR count). The van der Waals surface area contributed by atoms with Gasteiger partial charge in [-0.25, -0.2) is 4.79 Å². The van der Waals surface area contributed by atoms with Crippen molar-refractivity contribution in [1.29, 1.82) is 0 Å². The molecule has 4 N–H and O–H groups in total. The smallest absolute Gasteiger partial charge is 0.323 e. The highest BCUT2D eigenvalue weighted by molar-refractivity contribution is 5.77. The van der Waals surface area contributed by atoms with Crippen molar-refractivity contribution >= 4 is 16.9 Å². The van der Waals surface area contributed by atoms with Gasteiger partial charge in [-0.15, -0.1) is 0 Å². The molecule has 0 saturated heterocycles. The van der Waals surface area contributed by atoms with Gasteiger partial charge in [0.2, 0.25) is 5.91 Å². The molecule has 2 aromatic rings. The van der Waals surface area contributed by atoms with Gasteiger partial charge in [-0.1, -0.05) is 6.07 Å². The van der Waals surface area contributed by atoms with Gasteiger partial charge in [-0.05, 0) is 37.5 Å². The zero-order chi connectivity index (χ0) is 14.5. The maximum absolute atomic E-state index is 11.7. The number of rotatable bonds is 6. The number of nitrogens with one attached hydrogen (secondary N) is 3. The predicted molar refractivity (Wildman–Crippen MR) is 76.4 cm³/mol. The number of imidazole rings is 1. The van der Waals surface area contributed by atoms with E-state index in [4.69, 9.17) is 5.11 Å². The van der Waals surface area contributed by atoms with Crippen molar-refractivity contribution in [2.75, 3.05) is 6.61 Å². The third-order valence-electron chi connectivity index (χ3n) is 3.23. The van der Waals surface area contributed by atoms with E-state index in [1.807, 2.05) is 25.1 Å². The number of H-pyrrole nitrogens is 2. The maximum atomic E-state index is 11.7. The first-order chi connectivity index (χ1) is 9.60. The molecule has 108 valence electrons. The first kappa shape index (κ1) is 14.3. The summed E-state index contributed by atoms with van der Waals surface area (Å²) in [5.41, 5.74) is 2.18. The minimum atomic E-state index is -0.238. The van der Waals surface area contributed by atoms with Crippen LogP contribution in [0.2, 0.25) is 0 Å². The second kappa shape index (κ2) is 6.38. The maximum Gasteiger partial charge on any atom is 0.323 e. The molecule has 0 aliphatic heterocycles. The number of carbonyl (C=O) groups excluding carboxylic acids is 1. The van der Waals surface area contributed by atoms with Gasteiger partial charge >= 0.3 is 5.69 Å². The standard InChI is InChI=1S/C14H19N3O3/c1-9(15-13(19)4-2-3-7-18)10-5-6-11-12(8-10)17-14(20)16-11/h5-6,8-9,18H,2-4,7H2,1H3,(H,15,19)(H2,16,17,20). The summed E-state index contributed by atoms with van der Waals surface area (Å²) in [5.74, 6) is -0.0337. The van der Waals surface area contributed by atoms with E-state index in [9.17, 15) is 9.59 Å². The Morgan fingerprint density at radius 3 is 2.80 bits per heavy atom. The van der Waals surface area contributed by atoms with E-state index in [1.165, 1.54) is 0 Å². The van der Waals surface area contributed by atoms with Crippen molar-refractivity contribution < 1.29 is 9.90 Å². The molecule has 0 aliphatic carbocycles. The number of carbonyl (C=O) groups is 1. The molecule has 1 heterocycles. The van der Waals surface area contributed by atoms with E-state index < -0.39 is 0 Å². The summed E-state index contributed by atoms with van der Waals surface area (Å²) in [6.45, 7) is 2.01. The lowest BCUT2D eigenvalue weighted by Crippen LogP contribution is -2.26. The van der Waals surface area contributed by atoms with E-state index in [0.717, 1.165) is 16.6 Å². The molecule has 6 nitrogen and oxygen atoms in total. The third-order valence-corrected chi connectivity index (χ3v) is 3.23. The van der Waals surface area contributed by atoms with E-state index >= 15 is 0 Å². The van der Waals surface area contributed by atoms with Crippen LogP contribution in [0.5, 0.6) is 0 Å². The van der Waals surface area contributed by atoms with E-state index in [2.05, 4.69) is 15.3 Å². The van der Waals surface area contributed by atoms with Crippen LogP contribution in [0.3, 0.4) is 0 Å². The Bertz CT molecular complexity index is 644. The molecule has 1 aromatic carbocycles. The van der Waals surface area contributed by atoms with Crippen molar-refractivity contribution in [3.63, 3.8) is 0 Å². The summed E-state index contributed by atoms with van der Waals surface area (Å²) in [6.07, 6.45) is 1.73. The van der Waals surface area contributed by atoms with Crippen LogP contribution in [0.1, 0.15) is 37.8 Å². The van der Waals surface area contributed by atoms with Gasteiger partial charge < -0.3 is 20.4 Å². The van der Waals surface area contributed by atoms with Crippen molar-refractivity contribution in [1.82, 2.24) is 15.3 Å². The Labute approximate surface area is 116 Å². The fourth-order valence-corrected chi connectivity index (χ4v) is 2.11. The summed E-state index contributed by atoms with van der Waals surface area (Å²) in [6, 6.07) is 5.42. The van der Waals surface area contributed by atoms with Crippen LogP contribution < -0.4 is 11.0 Å². The highest BCUT2D eigenvalue weighted by atomic mass is 16.3. The van der Waals surface area contributed by atoms with Gasteiger partial charge in [-0.3, -0.25) is 4.79 Å². The van der Waals surface area contributed by atoms with E-state index in [-0.39, 0.29) is 24.2 Å². The average Bonchev–Trinajstić information content (AvgIpc) is 2.77. The van der Waals surface area contributed by atoms with Gasteiger partial charge in [0.15, 0.2) is 0 Å². The first-order valence-electron chi connectivity index (χ1n) is 6.72. The van der Waals surface area contributed by atoms with Crippen LogP contribution in [0.15, 0.2) is 23.0 Å². The lowest BCUT2D eigenvalue weighted by molar-refractivity contribution is -0.121. The zero-order valence-electron chi connectivity index (χ0n) is 11.4. The monoisotopic (exact) mass is 277 g/mol. The number of aromatic nitrogens is 2. The van der Waals surface area contributed by atoms with Crippen molar-refractivity contribution in [3.05, 3.63) is 34.2 Å². The van der Waals surface area contributed by atoms with Gasteiger partial charge in [-0.2, -0.15) is 0 Å². The molecule has 6 heteroatoms. The lowest BCUT2D eigenvalue weighted by Gasteiger charge is -2.14. The number of benzene rings is 1. The number of hydrogen-bond donors (Lipinski definition) is 4. The Balaban J connectivity index is 2.01. The number of aliphatic hydroxyl groups excluding tert-OH is 1. The molecule has 1 amide bonds. The predicted octanol–water partition coefficient (Wildman–Crippen LogP) is 1.20. The van der Waals surface area contributed by atoms with E-state index in [1.54, 1.807) is 0 Å². The Hall–Kier alpha value is -2.08. The topological polar surface area (TPSA) is 98.0 Å². The Morgan fingerprint density at radius 1 is 1.30 bits per heavy atom. The van der Waals surface area contributed by atoms with Gasteiger partial charge in [0.25, 0.3) is 0 Å². The molecule has 20 heavy (non-hydrogen) atoms. The Morgan fingerprint density at radius 2 is 2.05 bits per heavy atom. The number of aromatic amines is 2. The van der Waals surface area contributed by atoms with Gasteiger partial charge in [0, 0.05) is 13.0 Å². The third kappa shape index (κ3) is 3.48. The quantitative estimate of drug-likeness (QED) is 0.597. The number of hydrogen-bond acceptors (Lipinski definition) is 3. The molecule has 0 spiro atoms. The van der Waals surface area contributed by atoms with Gasteiger partial charge in [0.05, 0.1) is 17.1 Å². The number of aliphatic hydroxyl groups is 1. The second-order valence-corrected chi connectivity index (χ2v) is 4.85. The van der Waals surface area contributed by atoms with Crippen LogP contribution in [0.25, 0.3) is 11.0 Å². The molecular weight excluding hydrogens is 258 g/mol. The molecule has 0 aliphatic rings. The second-order valence-electron chi connectivity index (χ2n) is 4.85. The van der Waals surface area contributed by atoms with Crippen LogP contribution in [0.4, 0.5) is 0 Å². The molecule has 0 bridgehead atoms. The summed E-state index contributed by atoms with van der Waals surface area (Å²) in [7, 11) is 0. The fourth-order valence-electron chi connectivity index (χ4n) is 2.11. The number of unbranched alkanes of at least 4 members (excludes halogenated alkanes) is 1. The molecule has 1 unspecified atom stereocenters. The molecular formula is C14H19N3O3. The highest BCUT2D eigenvalue weighted by Crippen LogP contribution is 2.17. The molecule has 1 atom stereocenters. The minimum absolute atomic E-state index is 0.0337. The van der Waals surface area contributed by atoms with Crippen molar-refractivity contribution in [2.24, 2.45) is 0 Å². The molecule has 0 saturated carbocycles. The van der Waals surface area contributed by atoms with Crippen molar-refractivity contribution in [2.45, 2.75) is 32.2 Å². The molecule has 0 fully saturated rings. The van der Waals surface area contributed by atoms with E-state index in [0.29, 0.717) is 19.3 Å². The SMILES string of the molecule is CC(NC(=O)CCCCO)c1ccc2[nH]c(=O)[nH]c2c1. The Kier molecular flexibility index (Phi) is 4.57. The largest absolute Gasteiger partial charge is 0.396 e. The first-order valence-corrected chi connectivity index (χ1v) is 6.72. The molecule has 1 aromatic heterocycles. The fraction of sp³-hybridized carbons (Fsp3) is 0.429. The summed E-state index contributed by atoms with van der Waals surface area (Å²) >= 11 is 0.